The fourth-order valence-corrected chi connectivity index (χ4v) is 3.26. The van der Waals surface area contributed by atoms with E-state index in [1.165, 1.54) is 0 Å². The standard InChI is InChI=1S/C16H20ClN3O3/c1-4-23-16(21)13-10(2)14-15(19-5-7-22-8-6-19)18-12(17)9-20(14)11(13)3/h9H,4-8H2,1-3H3. The molecule has 7 heteroatoms. The molecule has 0 N–H and O–H groups in total. The van der Waals surface area contributed by atoms with E-state index >= 15 is 0 Å². The summed E-state index contributed by atoms with van der Waals surface area (Å²) in [6.45, 7) is 8.78. The van der Waals surface area contributed by atoms with Gasteiger partial charge in [0.15, 0.2) is 5.82 Å². The van der Waals surface area contributed by atoms with Crippen LogP contribution >= 0.6 is 11.6 Å². The predicted molar refractivity (Wildman–Crippen MR) is 88.7 cm³/mol. The van der Waals surface area contributed by atoms with Crippen molar-refractivity contribution in [1.29, 1.82) is 0 Å². The highest BCUT2D eigenvalue weighted by Gasteiger charge is 2.25. The average molecular weight is 338 g/mol. The molecule has 0 unspecified atom stereocenters. The number of carbonyl (C=O) groups is 1. The Labute approximate surface area is 139 Å². The van der Waals surface area contributed by atoms with Gasteiger partial charge >= 0.3 is 5.97 Å². The SMILES string of the molecule is CCOC(=O)c1c(C)c2c(N3CCOCC3)nc(Cl)cn2c1C. The minimum atomic E-state index is -0.310. The third kappa shape index (κ3) is 2.77. The molecule has 124 valence electrons. The summed E-state index contributed by atoms with van der Waals surface area (Å²) >= 11 is 6.21. The lowest BCUT2D eigenvalue weighted by atomic mass is 10.1. The van der Waals surface area contributed by atoms with Crippen LogP contribution in [0.2, 0.25) is 5.15 Å². The monoisotopic (exact) mass is 337 g/mol. The van der Waals surface area contributed by atoms with Crippen LogP contribution in [0.15, 0.2) is 6.20 Å². The van der Waals surface area contributed by atoms with Crippen molar-refractivity contribution < 1.29 is 14.3 Å². The number of fused-ring (bicyclic) bond motifs is 1. The second kappa shape index (κ2) is 6.37. The van der Waals surface area contributed by atoms with E-state index < -0.39 is 0 Å². The maximum absolute atomic E-state index is 12.3. The Kier molecular flexibility index (Phi) is 4.46. The lowest BCUT2D eigenvalue weighted by molar-refractivity contribution is 0.0525. The Hall–Kier alpha value is -1.79. The number of esters is 1. The second-order valence-corrected chi connectivity index (χ2v) is 5.90. The smallest absolute Gasteiger partial charge is 0.340 e. The Morgan fingerprint density at radius 2 is 2.09 bits per heavy atom. The van der Waals surface area contributed by atoms with Crippen molar-refractivity contribution in [2.75, 3.05) is 37.8 Å². The minimum absolute atomic E-state index is 0.310. The van der Waals surface area contributed by atoms with E-state index in [4.69, 9.17) is 21.1 Å². The zero-order valence-electron chi connectivity index (χ0n) is 13.6. The summed E-state index contributed by atoms with van der Waals surface area (Å²) in [6.07, 6.45) is 1.74. The van der Waals surface area contributed by atoms with E-state index in [2.05, 4.69) is 9.88 Å². The number of morpholine rings is 1. The number of aromatic nitrogens is 2. The topological polar surface area (TPSA) is 56.1 Å². The van der Waals surface area contributed by atoms with Gasteiger partial charge in [0.1, 0.15) is 5.15 Å². The maximum atomic E-state index is 12.3. The number of ether oxygens (including phenoxy) is 2. The van der Waals surface area contributed by atoms with E-state index in [1.54, 1.807) is 13.1 Å². The molecule has 1 aliphatic heterocycles. The molecule has 0 atom stereocenters. The molecule has 3 heterocycles. The van der Waals surface area contributed by atoms with Crippen LogP contribution < -0.4 is 4.90 Å². The highest BCUT2D eigenvalue weighted by atomic mass is 35.5. The van der Waals surface area contributed by atoms with Crippen molar-refractivity contribution in [3.05, 3.63) is 28.2 Å². The average Bonchev–Trinajstić information content (AvgIpc) is 2.79. The van der Waals surface area contributed by atoms with Crippen molar-refractivity contribution in [3.63, 3.8) is 0 Å². The highest BCUT2D eigenvalue weighted by Crippen LogP contribution is 2.31. The van der Waals surface area contributed by atoms with Gasteiger partial charge in [0, 0.05) is 25.0 Å². The van der Waals surface area contributed by atoms with Crippen LogP contribution in [0.1, 0.15) is 28.5 Å². The maximum Gasteiger partial charge on any atom is 0.340 e. The summed E-state index contributed by atoms with van der Waals surface area (Å²) in [5.74, 6) is 0.479. The first kappa shape index (κ1) is 16.1. The molecule has 1 fully saturated rings. The number of carbonyl (C=O) groups excluding carboxylic acids is 1. The van der Waals surface area contributed by atoms with E-state index in [0.29, 0.717) is 30.5 Å². The quantitative estimate of drug-likeness (QED) is 0.806. The third-order valence-electron chi connectivity index (χ3n) is 4.14. The number of halogens is 1. The number of anilines is 1. The number of aryl methyl sites for hydroxylation is 2. The van der Waals surface area contributed by atoms with Crippen molar-refractivity contribution >= 4 is 28.9 Å². The summed E-state index contributed by atoms with van der Waals surface area (Å²) < 4.78 is 12.5. The number of rotatable bonds is 3. The molecule has 0 aromatic carbocycles. The molecule has 6 nitrogen and oxygen atoms in total. The van der Waals surface area contributed by atoms with Crippen molar-refractivity contribution in [1.82, 2.24) is 9.38 Å². The van der Waals surface area contributed by atoms with Crippen LogP contribution in [0.5, 0.6) is 0 Å². The fourth-order valence-electron chi connectivity index (χ4n) is 3.08. The summed E-state index contributed by atoms with van der Waals surface area (Å²) in [4.78, 5) is 19.0. The van der Waals surface area contributed by atoms with Gasteiger partial charge in [-0.25, -0.2) is 9.78 Å². The molecule has 3 rings (SSSR count). The summed E-state index contributed by atoms with van der Waals surface area (Å²) in [7, 11) is 0. The molecule has 0 spiro atoms. The van der Waals surface area contributed by atoms with Gasteiger partial charge in [-0.1, -0.05) is 11.6 Å². The zero-order valence-corrected chi connectivity index (χ0v) is 14.3. The Bertz CT molecular complexity index is 751. The third-order valence-corrected chi connectivity index (χ3v) is 4.33. The van der Waals surface area contributed by atoms with Gasteiger partial charge in [-0.2, -0.15) is 0 Å². The molecular weight excluding hydrogens is 318 g/mol. The van der Waals surface area contributed by atoms with E-state index in [0.717, 1.165) is 35.7 Å². The van der Waals surface area contributed by atoms with Crippen LogP contribution in [0.25, 0.3) is 5.52 Å². The van der Waals surface area contributed by atoms with Crippen LogP contribution in [-0.4, -0.2) is 48.3 Å². The molecular formula is C16H20ClN3O3. The van der Waals surface area contributed by atoms with Gasteiger partial charge in [0.05, 0.1) is 30.9 Å². The van der Waals surface area contributed by atoms with Crippen molar-refractivity contribution in [2.45, 2.75) is 20.8 Å². The normalized spacial score (nSPS) is 15.2. The van der Waals surface area contributed by atoms with Gasteiger partial charge in [-0.15, -0.1) is 0 Å². The van der Waals surface area contributed by atoms with Crippen LogP contribution in [0.4, 0.5) is 5.82 Å². The van der Waals surface area contributed by atoms with E-state index in [9.17, 15) is 4.79 Å². The summed E-state index contributed by atoms with van der Waals surface area (Å²) in [5, 5.41) is 0.396. The van der Waals surface area contributed by atoms with Gasteiger partial charge < -0.3 is 18.8 Å². The molecule has 1 saturated heterocycles. The molecule has 0 radical (unpaired) electrons. The van der Waals surface area contributed by atoms with Crippen molar-refractivity contribution in [2.24, 2.45) is 0 Å². The van der Waals surface area contributed by atoms with Crippen LogP contribution in [-0.2, 0) is 9.47 Å². The zero-order chi connectivity index (χ0) is 16.6. The fraction of sp³-hybridized carbons (Fsp3) is 0.500. The molecule has 1 aliphatic rings. The number of nitrogens with zero attached hydrogens (tertiary/aromatic N) is 3. The highest BCUT2D eigenvalue weighted by molar-refractivity contribution is 6.29. The summed E-state index contributed by atoms with van der Waals surface area (Å²) in [6, 6.07) is 0. The molecule has 0 aliphatic carbocycles. The molecule has 0 bridgehead atoms. The first-order valence-electron chi connectivity index (χ1n) is 7.72. The number of hydrogen-bond donors (Lipinski definition) is 0. The Balaban J connectivity index is 2.21. The van der Waals surface area contributed by atoms with Crippen LogP contribution in [0.3, 0.4) is 0 Å². The molecule has 0 saturated carbocycles. The van der Waals surface area contributed by atoms with E-state index in [-0.39, 0.29) is 5.97 Å². The van der Waals surface area contributed by atoms with Crippen LogP contribution in [0, 0.1) is 13.8 Å². The molecule has 2 aromatic heterocycles. The van der Waals surface area contributed by atoms with E-state index in [1.807, 2.05) is 18.2 Å². The van der Waals surface area contributed by atoms with Gasteiger partial charge in [-0.3, -0.25) is 0 Å². The van der Waals surface area contributed by atoms with Gasteiger partial charge in [0.2, 0.25) is 0 Å². The number of hydrogen-bond acceptors (Lipinski definition) is 5. The largest absolute Gasteiger partial charge is 0.462 e. The van der Waals surface area contributed by atoms with Crippen molar-refractivity contribution in [3.8, 4) is 0 Å². The Morgan fingerprint density at radius 3 is 2.74 bits per heavy atom. The first-order valence-corrected chi connectivity index (χ1v) is 8.10. The van der Waals surface area contributed by atoms with Gasteiger partial charge in [-0.05, 0) is 26.3 Å². The Morgan fingerprint density at radius 1 is 1.39 bits per heavy atom. The summed E-state index contributed by atoms with van der Waals surface area (Å²) in [5.41, 5.74) is 3.17. The minimum Gasteiger partial charge on any atom is -0.462 e. The molecule has 2 aromatic rings. The van der Waals surface area contributed by atoms with Gasteiger partial charge in [0.25, 0.3) is 0 Å². The predicted octanol–water partition coefficient (Wildman–Crippen LogP) is 2.62. The first-order chi connectivity index (χ1) is 11.0. The lowest BCUT2D eigenvalue weighted by Gasteiger charge is -2.28. The second-order valence-electron chi connectivity index (χ2n) is 5.51. The lowest BCUT2D eigenvalue weighted by Crippen LogP contribution is -2.37. The molecule has 23 heavy (non-hydrogen) atoms. The molecule has 0 amide bonds.